The van der Waals surface area contributed by atoms with Crippen LogP contribution in [0.25, 0.3) is 6.08 Å². The Morgan fingerprint density at radius 3 is 3.00 bits per heavy atom. The Hall–Kier alpha value is -1.08. The minimum absolute atomic E-state index is 0.427. The molecular weight excluding hydrogens is 172 g/mol. The molecular formula is C13H16O. The summed E-state index contributed by atoms with van der Waals surface area (Å²) in [5, 5.41) is 0. The fourth-order valence-electron chi connectivity index (χ4n) is 1.97. The summed E-state index contributed by atoms with van der Waals surface area (Å²) < 4.78 is 5.62. The normalized spacial score (nSPS) is 21.0. The van der Waals surface area contributed by atoms with Gasteiger partial charge in [-0.25, -0.2) is 0 Å². The van der Waals surface area contributed by atoms with Crippen molar-refractivity contribution in [3.05, 3.63) is 42.0 Å². The van der Waals surface area contributed by atoms with Gasteiger partial charge in [0, 0.05) is 6.61 Å². The van der Waals surface area contributed by atoms with Gasteiger partial charge in [-0.15, -0.1) is 0 Å². The Kier molecular flexibility index (Phi) is 3.00. The Balaban J connectivity index is 2.10. The average molecular weight is 188 g/mol. The van der Waals surface area contributed by atoms with Gasteiger partial charge in [0.2, 0.25) is 0 Å². The molecule has 1 heterocycles. The molecule has 0 spiro atoms. The predicted molar refractivity (Wildman–Crippen MR) is 59.2 cm³/mol. The van der Waals surface area contributed by atoms with Crippen molar-refractivity contribution in [2.75, 3.05) is 6.61 Å². The molecule has 1 heteroatoms. The van der Waals surface area contributed by atoms with Gasteiger partial charge in [-0.3, -0.25) is 0 Å². The maximum Gasteiger partial charge on any atom is 0.0616 e. The fourth-order valence-corrected chi connectivity index (χ4v) is 1.97. The smallest absolute Gasteiger partial charge is 0.0616 e. The quantitative estimate of drug-likeness (QED) is 0.708. The first-order chi connectivity index (χ1) is 6.90. The molecule has 1 atom stereocenters. The van der Waals surface area contributed by atoms with Crippen molar-refractivity contribution < 1.29 is 4.74 Å². The zero-order valence-electron chi connectivity index (χ0n) is 8.41. The van der Waals surface area contributed by atoms with E-state index in [9.17, 15) is 0 Å². The number of rotatable bonds is 3. The van der Waals surface area contributed by atoms with Crippen molar-refractivity contribution in [3.63, 3.8) is 0 Å². The standard InChI is InChI=1S/C13H16O/c1-2-11-6-3-4-7-12(11)10-13-8-5-9-14-13/h2-4,6-7,13H,1,5,8-10H2. The van der Waals surface area contributed by atoms with Gasteiger partial charge in [0.05, 0.1) is 6.10 Å². The summed E-state index contributed by atoms with van der Waals surface area (Å²) in [6, 6.07) is 8.41. The molecule has 14 heavy (non-hydrogen) atoms. The zero-order valence-corrected chi connectivity index (χ0v) is 8.41. The molecule has 0 saturated carbocycles. The Labute approximate surface area is 85.4 Å². The third kappa shape index (κ3) is 2.05. The number of benzene rings is 1. The highest BCUT2D eigenvalue weighted by Gasteiger charge is 2.16. The predicted octanol–water partition coefficient (Wildman–Crippen LogP) is 3.05. The number of hydrogen-bond donors (Lipinski definition) is 0. The summed E-state index contributed by atoms with van der Waals surface area (Å²) >= 11 is 0. The zero-order chi connectivity index (χ0) is 9.80. The minimum Gasteiger partial charge on any atom is -0.378 e. The third-order valence-electron chi connectivity index (χ3n) is 2.75. The number of hydrogen-bond acceptors (Lipinski definition) is 1. The monoisotopic (exact) mass is 188 g/mol. The van der Waals surface area contributed by atoms with E-state index in [0.717, 1.165) is 13.0 Å². The second-order valence-corrected chi connectivity index (χ2v) is 3.74. The molecule has 2 rings (SSSR count). The van der Waals surface area contributed by atoms with Crippen LogP contribution in [0.5, 0.6) is 0 Å². The van der Waals surface area contributed by atoms with Gasteiger partial charge in [0.1, 0.15) is 0 Å². The van der Waals surface area contributed by atoms with Crippen LogP contribution in [0.1, 0.15) is 24.0 Å². The summed E-state index contributed by atoms with van der Waals surface area (Å²) in [6.45, 7) is 4.76. The molecule has 1 unspecified atom stereocenters. The highest BCUT2D eigenvalue weighted by atomic mass is 16.5. The molecule has 0 aromatic heterocycles. The first-order valence-electron chi connectivity index (χ1n) is 5.22. The maximum atomic E-state index is 5.62. The summed E-state index contributed by atoms with van der Waals surface area (Å²) in [5.74, 6) is 0. The molecule has 0 aliphatic carbocycles. The van der Waals surface area contributed by atoms with E-state index in [4.69, 9.17) is 4.74 Å². The number of ether oxygens (including phenoxy) is 1. The van der Waals surface area contributed by atoms with E-state index < -0.39 is 0 Å². The molecule has 1 saturated heterocycles. The molecule has 0 radical (unpaired) electrons. The summed E-state index contributed by atoms with van der Waals surface area (Å²) in [7, 11) is 0. The third-order valence-corrected chi connectivity index (χ3v) is 2.75. The lowest BCUT2D eigenvalue weighted by Crippen LogP contribution is -2.09. The summed E-state index contributed by atoms with van der Waals surface area (Å²) in [6.07, 6.45) is 5.79. The fraction of sp³-hybridized carbons (Fsp3) is 0.385. The summed E-state index contributed by atoms with van der Waals surface area (Å²) in [5.41, 5.74) is 2.59. The molecule has 1 nitrogen and oxygen atoms in total. The van der Waals surface area contributed by atoms with Crippen LogP contribution in [-0.2, 0) is 11.2 Å². The SMILES string of the molecule is C=Cc1ccccc1CC1CCCO1. The van der Waals surface area contributed by atoms with Crippen molar-refractivity contribution in [1.82, 2.24) is 0 Å². The topological polar surface area (TPSA) is 9.23 Å². The van der Waals surface area contributed by atoms with Crippen LogP contribution < -0.4 is 0 Å². The van der Waals surface area contributed by atoms with E-state index >= 15 is 0 Å². The molecule has 0 bridgehead atoms. The Morgan fingerprint density at radius 1 is 1.43 bits per heavy atom. The second-order valence-electron chi connectivity index (χ2n) is 3.74. The van der Waals surface area contributed by atoms with Gasteiger partial charge < -0.3 is 4.74 Å². The first kappa shape index (κ1) is 9.47. The highest BCUT2D eigenvalue weighted by Crippen LogP contribution is 2.19. The average Bonchev–Trinajstić information content (AvgIpc) is 2.71. The van der Waals surface area contributed by atoms with Crippen molar-refractivity contribution >= 4 is 6.08 Å². The highest BCUT2D eigenvalue weighted by molar-refractivity contribution is 5.51. The summed E-state index contributed by atoms with van der Waals surface area (Å²) in [4.78, 5) is 0. The van der Waals surface area contributed by atoms with Crippen LogP contribution in [0, 0.1) is 0 Å². The van der Waals surface area contributed by atoms with Crippen molar-refractivity contribution in [2.45, 2.75) is 25.4 Å². The molecule has 1 fully saturated rings. The van der Waals surface area contributed by atoms with E-state index in [1.807, 2.05) is 6.08 Å². The molecule has 74 valence electrons. The van der Waals surface area contributed by atoms with E-state index in [2.05, 4.69) is 30.8 Å². The minimum atomic E-state index is 0.427. The van der Waals surface area contributed by atoms with Crippen molar-refractivity contribution in [3.8, 4) is 0 Å². The van der Waals surface area contributed by atoms with Gasteiger partial charge in [0.15, 0.2) is 0 Å². The lowest BCUT2D eigenvalue weighted by molar-refractivity contribution is 0.111. The van der Waals surface area contributed by atoms with Gasteiger partial charge in [0.25, 0.3) is 0 Å². The van der Waals surface area contributed by atoms with Gasteiger partial charge in [-0.05, 0) is 30.4 Å². The van der Waals surface area contributed by atoms with E-state index in [0.29, 0.717) is 6.10 Å². The van der Waals surface area contributed by atoms with Gasteiger partial charge in [-0.2, -0.15) is 0 Å². The maximum absolute atomic E-state index is 5.62. The molecule has 0 amide bonds. The van der Waals surface area contributed by atoms with E-state index in [1.54, 1.807) is 0 Å². The van der Waals surface area contributed by atoms with Crippen LogP contribution in [-0.4, -0.2) is 12.7 Å². The van der Waals surface area contributed by atoms with Crippen LogP contribution in [0.15, 0.2) is 30.8 Å². The lowest BCUT2D eigenvalue weighted by Gasteiger charge is -2.11. The van der Waals surface area contributed by atoms with Crippen LogP contribution in [0.2, 0.25) is 0 Å². The van der Waals surface area contributed by atoms with Gasteiger partial charge >= 0.3 is 0 Å². The van der Waals surface area contributed by atoms with E-state index in [1.165, 1.54) is 24.0 Å². The molecule has 1 aliphatic heterocycles. The second kappa shape index (κ2) is 4.43. The molecule has 1 aliphatic rings. The van der Waals surface area contributed by atoms with Crippen molar-refractivity contribution in [2.24, 2.45) is 0 Å². The van der Waals surface area contributed by atoms with E-state index in [-0.39, 0.29) is 0 Å². The largest absolute Gasteiger partial charge is 0.378 e. The molecule has 1 aromatic carbocycles. The molecule has 0 N–H and O–H groups in total. The van der Waals surface area contributed by atoms with Crippen LogP contribution in [0.3, 0.4) is 0 Å². The Morgan fingerprint density at radius 2 is 2.29 bits per heavy atom. The Bertz CT molecular complexity index is 311. The van der Waals surface area contributed by atoms with Crippen molar-refractivity contribution in [1.29, 1.82) is 0 Å². The first-order valence-corrected chi connectivity index (χ1v) is 5.22. The van der Waals surface area contributed by atoms with Gasteiger partial charge in [-0.1, -0.05) is 36.9 Å². The van der Waals surface area contributed by atoms with Crippen LogP contribution in [0.4, 0.5) is 0 Å². The molecule has 1 aromatic rings. The lowest BCUT2D eigenvalue weighted by atomic mass is 10.0. The van der Waals surface area contributed by atoms with Crippen LogP contribution >= 0.6 is 0 Å².